The predicted octanol–water partition coefficient (Wildman–Crippen LogP) is -0.587. The molecule has 13 nitrogen and oxygen atoms in total. The molecule has 1 saturated carbocycles. The molecular formula is C23H25N7O6. The Morgan fingerprint density at radius 3 is 2.78 bits per heavy atom. The molecule has 0 bridgehead atoms. The van der Waals surface area contributed by atoms with E-state index in [2.05, 4.69) is 32.1 Å². The SMILES string of the molecule is CNC(=O)[C@H]1O[C@@H](n2cnc3c(N)nc(C#CCN(C(=O)c4ccco4)C4CCC4)nc32)[C@H](O)C1O. The van der Waals surface area contributed by atoms with Gasteiger partial charge in [0, 0.05) is 13.1 Å². The van der Waals surface area contributed by atoms with E-state index in [4.69, 9.17) is 14.9 Å². The van der Waals surface area contributed by atoms with Gasteiger partial charge in [0.1, 0.15) is 17.7 Å². The van der Waals surface area contributed by atoms with E-state index >= 15 is 0 Å². The zero-order valence-corrected chi connectivity index (χ0v) is 19.4. The van der Waals surface area contributed by atoms with Gasteiger partial charge in [-0.1, -0.05) is 5.92 Å². The normalized spacial score (nSPS) is 23.6. The zero-order chi connectivity index (χ0) is 25.4. The van der Waals surface area contributed by atoms with Gasteiger partial charge in [0.25, 0.3) is 11.8 Å². The van der Waals surface area contributed by atoms with Gasteiger partial charge in [-0.2, -0.15) is 0 Å². The molecule has 0 spiro atoms. The first-order chi connectivity index (χ1) is 17.4. The molecule has 5 rings (SSSR count). The molecule has 3 aromatic heterocycles. The van der Waals surface area contributed by atoms with Crippen LogP contribution in [0.15, 0.2) is 29.1 Å². The van der Waals surface area contributed by atoms with Crippen LogP contribution in [0.1, 0.15) is 41.9 Å². The third-order valence-electron chi connectivity index (χ3n) is 6.42. The van der Waals surface area contributed by atoms with Crippen LogP contribution < -0.4 is 11.1 Å². The summed E-state index contributed by atoms with van der Waals surface area (Å²) in [6.07, 6.45) is 0.357. The van der Waals surface area contributed by atoms with Crippen LogP contribution in [0.4, 0.5) is 5.82 Å². The lowest BCUT2D eigenvalue weighted by Gasteiger charge is -2.35. The van der Waals surface area contributed by atoms with Crippen molar-refractivity contribution in [3.8, 4) is 11.8 Å². The number of anilines is 1. The molecule has 1 saturated heterocycles. The van der Waals surface area contributed by atoms with Crippen molar-refractivity contribution in [1.82, 2.24) is 29.7 Å². The number of hydrogen-bond acceptors (Lipinski definition) is 10. The van der Waals surface area contributed by atoms with E-state index in [0.29, 0.717) is 0 Å². The molecule has 188 valence electrons. The Hall–Kier alpha value is -3.99. The minimum atomic E-state index is -1.45. The third-order valence-corrected chi connectivity index (χ3v) is 6.42. The first-order valence-corrected chi connectivity index (χ1v) is 11.5. The number of aliphatic hydroxyl groups is 2. The molecular weight excluding hydrogens is 470 g/mol. The quantitative estimate of drug-likeness (QED) is 0.334. The van der Waals surface area contributed by atoms with Gasteiger partial charge in [0.2, 0.25) is 5.82 Å². The van der Waals surface area contributed by atoms with E-state index in [0.717, 1.165) is 19.3 Å². The van der Waals surface area contributed by atoms with Crippen molar-refractivity contribution in [1.29, 1.82) is 0 Å². The number of rotatable bonds is 5. The topological polar surface area (TPSA) is 182 Å². The molecule has 1 unspecified atom stereocenters. The summed E-state index contributed by atoms with van der Waals surface area (Å²) in [7, 11) is 1.40. The lowest BCUT2D eigenvalue weighted by atomic mass is 9.91. The minimum absolute atomic E-state index is 0.0569. The highest BCUT2D eigenvalue weighted by molar-refractivity contribution is 5.92. The number of ether oxygens (including phenoxy) is 1. The van der Waals surface area contributed by atoms with Crippen LogP contribution >= 0.6 is 0 Å². The van der Waals surface area contributed by atoms with Crippen LogP contribution in [0.2, 0.25) is 0 Å². The molecule has 5 N–H and O–H groups in total. The molecule has 0 aromatic carbocycles. The summed E-state index contributed by atoms with van der Waals surface area (Å²) in [5.74, 6) is 5.36. The van der Waals surface area contributed by atoms with Crippen molar-refractivity contribution in [3.63, 3.8) is 0 Å². The van der Waals surface area contributed by atoms with Crippen LogP contribution in [0.5, 0.6) is 0 Å². The predicted molar refractivity (Wildman–Crippen MR) is 124 cm³/mol. The monoisotopic (exact) mass is 495 g/mol. The van der Waals surface area contributed by atoms with Crippen molar-refractivity contribution in [2.24, 2.45) is 0 Å². The molecule has 2 fully saturated rings. The number of hydrogen-bond donors (Lipinski definition) is 4. The van der Waals surface area contributed by atoms with E-state index in [1.807, 2.05) is 0 Å². The van der Waals surface area contributed by atoms with E-state index in [1.54, 1.807) is 17.0 Å². The number of nitrogen functional groups attached to an aromatic ring is 1. The smallest absolute Gasteiger partial charge is 0.290 e. The lowest BCUT2D eigenvalue weighted by molar-refractivity contribution is -0.137. The summed E-state index contributed by atoms with van der Waals surface area (Å²) in [6.45, 7) is 0.148. The zero-order valence-electron chi connectivity index (χ0n) is 19.4. The number of carbonyl (C=O) groups excluding carboxylic acids is 2. The van der Waals surface area contributed by atoms with Gasteiger partial charge < -0.3 is 35.3 Å². The Labute approximate surface area is 205 Å². The number of nitrogens with two attached hydrogens (primary N) is 1. The number of furan rings is 1. The number of aliphatic hydroxyl groups excluding tert-OH is 2. The highest BCUT2D eigenvalue weighted by Gasteiger charge is 2.47. The number of nitrogens with zero attached hydrogens (tertiary/aromatic N) is 5. The second kappa shape index (κ2) is 9.57. The lowest BCUT2D eigenvalue weighted by Crippen LogP contribution is -2.44. The van der Waals surface area contributed by atoms with Gasteiger partial charge in [-0.3, -0.25) is 14.2 Å². The highest BCUT2D eigenvalue weighted by Crippen LogP contribution is 2.32. The second-order valence-corrected chi connectivity index (χ2v) is 8.60. The summed E-state index contributed by atoms with van der Waals surface area (Å²) in [6, 6.07) is 3.37. The van der Waals surface area contributed by atoms with E-state index in [9.17, 15) is 19.8 Å². The van der Waals surface area contributed by atoms with Crippen LogP contribution in [0.25, 0.3) is 11.2 Å². The van der Waals surface area contributed by atoms with E-state index < -0.39 is 30.4 Å². The van der Waals surface area contributed by atoms with Gasteiger partial charge in [-0.15, -0.1) is 0 Å². The van der Waals surface area contributed by atoms with Crippen molar-refractivity contribution in [2.45, 2.75) is 49.8 Å². The summed E-state index contributed by atoms with van der Waals surface area (Å²) >= 11 is 0. The van der Waals surface area contributed by atoms with Crippen molar-refractivity contribution in [3.05, 3.63) is 36.3 Å². The molecule has 2 aliphatic rings. The van der Waals surface area contributed by atoms with Gasteiger partial charge in [0.15, 0.2) is 29.6 Å². The fourth-order valence-corrected chi connectivity index (χ4v) is 4.24. The summed E-state index contributed by atoms with van der Waals surface area (Å²) in [4.78, 5) is 39.3. The fraction of sp³-hybridized carbons (Fsp3) is 0.435. The molecule has 4 atom stereocenters. The second-order valence-electron chi connectivity index (χ2n) is 8.60. The Kier molecular flexibility index (Phi) is 6.31. The van der Waals surface area contributed by atoms with E-state index in [-0.39, 0.29) is 47.1 Å². The van der Waals surface area contributed by atoms with Gasteiger partial charge in [0.05, 0.1) is 19.1 Å². The van der Waals surface area contributed by atoms with Crippen LogP contribution in [0, 0.1) is 11.8 Å². The number of fused-ring (bicyclic) bond motifs is 1. The van der Waals surface area contributed by atoms with Crippen LogP contribution in [0.3, 0.4) is 0 Å². The van der Waals surface area contributed by atoms with E-state index in [1.165, 1.54) is 24.2 Å². The molecule has 1 aliphatic heterocycles. The minimum Gasteiger partial charge on any atom is -0.459 e. The summed E-state index contributed by atoms with van der Waals surface area (Å²) in [5.41, 5.74) is 6.52. The molecule has 4 heterocycles. The summed E-state index contributed by atoms with van der Waals surface area (Å²) in [5, 5.41) is 23.2. The molecule has 36 heavy (non-hydrogen) atoms. The Morgan fingerprint density at radius 2 is 2.11 bits per heavy atom. The van der Waals surface area contributed by atoms with Crippen molar-refractivity contribution < 1.29 is 29.0 Å². The van der Waals surface area contributed by atoms with Crippen molar-refractivity contribution >= 4 is 28.8 Å². The van der Waals surface area contributed by atoms with Crippen LogP contribution in [-0.2, 0) is 9.53 Å². The van der Waals surface area contributed by atoms with Gasteiger partial charge >= 0.3 is 0 Å². The summed E-state index contributed by atoms with van der Waals surface area (Å²) < 4.78 is 12.2. The number of amides is 2. The highest BCUT2D eigenvalue weighted by atomic mass is 16.6. The average Bonchev–Trinajstić information content (AvgIpc) is 3.57. The Bertz CT molecular complexity index is 1340. The first-order valence-electron chi connectivity index (χ1n) is 11.5. The maximum absolute atomic E-state index is 12.8. The molecule has 2 amide bonds. The number of aromatic nitrogens is 4. The van der Waals surface area contributed by atoms with Gasteiger partial charge in [-0.05, 0) is 37.3 Å². The molecule has 0 radical (unpaired) electrons. The molecule has 13 heteroatoms. The Balaban J connectivity index is 1.41. The number of nitrogens with one attached hydrogen (secondary N) is 1. The third kappa shape index (κ3) is 4.15. The standard InChI is InChI=1S/C23H25N7O6/c1-25-21(33)18-16(31)17(32)23(36-18)30-11-26-15-19(24)27-14(28-20(15)30)8-3-9-29(12-5-2-6-12)22(34)13-7-4-10-35-13/h4,7,10-12,16-18,23,31-32H,2,5-6,9H2,1H3,(H,25,33)(H2,24,27,28)/t16?,17-,18+,23-/m1/s1. The maximum Gasteiger partial charge on any atom is 0.290 e. The fourth-order valence-electron chi connectivity index (χ4n) is 4.24. The number of likely N-dealkylation sites (N-methyl/N-ethyl adjacent to an activating group) is 1. The molecule has 1 aliphatic carbocycles. The maximum atomic E-state index is 12.8. The molecule has 3 aromatic rings. The largest absolute Gasteiger partial charge is 0.459 e. The van der Waals surface area contributed by atoms with Crippen molar-refractivity contribution in [2.75, 3.05) is 19.3 Å². The average molecular weight is 495 g/mol. The Morgan fingerprint density at radius 1 is 1.31 bits per heavy atom. The number of carbonyl (C=O) groups is 2. The first kappa shape index (κ1) is 23.7. The van der Waals surface area contributed by atoms with Gasteiger partial charge in [-0.25, -0.2) is 15.0 Å². The number of imidazole rings is 1. The van der Waals surface area contributed by atoms with Crippen LogP contribution in [-0.4, -0.2) is 84.4 Å².